The van der Waals surface area contributed by atoms with E-state index >= 15 is 0 Å². The van der Waals surface area contributed by atoms with Crippen molar-refractivity contribution in [3.63, 3.8) is 0 Å². The molecule has 1 aromatic heterocycles. The van der Waals surface area contributed by atoms with Gasteiger partial charge in [-0.1, -0.05) is 18.2 Å². The molecular formula is C17H18FN3O. The van der Waals surface area contributed by atoms with Crippen LogP contribution < -0.4 is 10.1 Å². The lowest BCUT2D eigenvalue weighted by atomic mass is 10.2. The van der Waals surface area contributed by atoms with Crippen LogP contribution in [-0.2, 0) is 13.0 Å². The predicted molar refractivity (Wildman–Crippen MR) is 84.5 cm³/mol. The molecule has 0 radical (unpaired) electrons. The van der Waals surface area contributed by atoms with Crippen LogP contribution in [0.3, 0.4) is 0 Å². The molecule has 3 aromatic rings. The van der Waals surface area contributed by atoms with Crippen LogP contribution in [0, 0.1) is 5.82 Å². The van der Waals surface area contributed by atoms with Crippen molar-refractivity contribution in [1.29, 1.82) is 0 Å². The highest BCUT2D eigenvalue weighted by Crippen LogP contribution is 2.17. The van der Waals surface area contributed by atoms with Gasteiger partial charge in [0.2, 0.25) is 0 Å². The molecule has 22 heavy (non-hydrogen) atoms. The first kappa shape index (κ1) is 14.5. The van der Waals surface area contributed by atoms with Gasteiger partial charge in [-0.05, 0) is 24.3 Å². The lowest BCUT2D eigenvalue weighted by molar-refractivity contribution is 0.408. The van der Waals surface area contributed by atoms with Gasteiger partial charge in [-0.3, -0.25) is 0 Å². The van der Waals surface area contributed by atoms with Crippen LogP contribution in [0.4, 0.5) is 4.39 Å². The van der Waals surface area contributed by atoms with Crippen LogP contribution in [0.15, 0.2) is 42.5 Å². The number of H-pyrrole nitrogens is 1. The van der Waals surface area contributed by atoms with E-state index in [1.165, 1.54) is 12.1 Å². The molecule has 0 spiro atoms. The van der Waals surface area contributed by atoms with E-state index in [1.807, 2.05) is 24.3 Å². The maximum absolute atomic E-state index is 13.1. The third-order valence-electron chi connectivity index (χ3n) is 3.54. The van der Waals surface area contributed by atoms with Gasteiger partial charge in [0.1, 0.15) is 17.4 Å². The Hall–Kier alpha value is -2.40. The first-order valence-corrected chi connectivity index (χ1v) is 7.23. The zero-order valence-electron chi connectivity index (χ0n) is 12.4. The number of benzene rings is 2. The Bertz CT molecular complexity index is 769. The van der Waals surface area contributed by atoms with Gasteiger partial charge in [0.15, 0.2) is 0 Å². The topological polar surface area (TPSA) is 49.9 Å². The van der Waals surface area contributed by atoms with E-state index in [0.29, 0.717) is 0 Å². The van der Waals surface area contributed by atoms with Crippen molar-refractivity contribution in [3.05, 3.63) is 59.7 Å². The molecule has 0 aliphatic rings. The second-order valence-electron chi connectivity index (χ2n) is 5.08. The highest BCUT2D eigenvalue weighted by atomic mass is 19.1. The minimum Gasteiger partial charge on any atom is -0.496 e. The van der Waals surface area contributed by atoms with Gasteiger partial charge in [0.05, 0.1) is 18.1 Å². The van der Waals surface area contributed by atoms with Crippen LogP contribution in [0.1, 0.15) is 11.4 Å². The van der Waals surface area contributed by atoms with Gasteiger partial charge in [0.25, 0.3) is 0 Å². The fraction of sp³-hybridized carbons (Fsp3) is 0.235. The zero-order valence-corrected chi connectivity index (χ0v) is 12.4. The number of para-hydroxylation sites is 1. The third-order valence-corrected chi connectivity index (χ3v) is 3.54. The molecule has 0 unspecified atom stereocenters. The minimum absolute atomic E-state index is 0.253. The summed E-state index contributed by atoms with van der Waals surface area (Å²) in [5.74, 6) is 1.49. The molecule has 114 valence electrons. The SMILES string of the molecule is COc1ccccc1CNCCc1nc2ccc(F)cc2[nH]1. The molecule has 0 aliphatic carbocycles. The Morgan fingerprint density at radius 1 is 1.23 bits per heavy atom. The standard InChI is InChI=1S/C17H18FN3O/c1-22-16-5-3-2-4-12(16)11-19-9-8-17-20-14-7-6-13(18)10-15(14)21-17/h2-7,10,19H,8-9,11H2,1H3,(H,20,21). The van der Waals surface area contributed by atoms with Gasteiger partial charge < -0.3 is 15.0 Å². The van der Waals surface area contributed by atoms with Gasteiger partial charge in [-0.25, -0.2) is 9.37 Å². The van der Waals surface area contributed by atoms with E-state index in [-0.39, 0.29) is 5.82 Å². The molecule has 0 fully saturated rings. The quantitative estimate of drug-likeness (QED) is 0.688. The molecule has 0 amide bonds. The summed E-state index contributed by atoms with van der Waals surface area (Å²) >= 11 is 0. The summed E-state index contributed by atoms with van der Waals surface area (Å²) in [5, 5.41) is 3.37. The lowest BCUT2D eigenvalue weighted by Gasteiger charge is -2.08. The number of aromatic amines is 1. The Kier molecular flexibility index (Phi) is 4.34. The third kappa shape index (κ3) is 3.26. The fourth-order valence-corrected chi connectivity index (χ4v) is 2.43. The van der Waals surface area contributed by atoms with Crippen molar-refractivity contribution >= 4 is 11.0 Å². The predicted octanol–water partition coefficient (Wildman–Crippen LogP) is 3.04. The Labute approximate surface area is 128 Å². The lowest BCUT2D eigenvalue weighted by Crippen LogP contribution is -2.17. The molecule has 0 atom stereocenters. The van der Waals surface area contributed by atoms with Crippen molar-refractivity contribution in [1.82, 2.24) is 15.3 Å². The van der Waals surface area contributed by atoms with Crippen LogP contribution in [-0.4, -0.2) is 23.6 Å². The first-order chi connectivity index (χ1) is 10.8. The van der Waals surface area contributed by atoms with Crippen molar-refractivity contribution in [3.8, 4) is 5.75 Å². The maximum atomic E-state index is 13.1. The van der Waals surface area contributed by atoms with Crippen LogP contribution >= 0.6 is 0 Å². The number of rotatable bonds is 6. The van der Waals surface area contributed by atoms with Crippen molar-refractivity contribution in [2.45, 2.75) is 13.0 Å². The number of hydrogen-bond donors (Lipinski definition) is 2. The average Bonchev–Trinajstić information content (AvgIpc) is 2.93. The Morgan fingerprint density at radius 2 is 2.09 bits per heavy atom. The smallest absolute Gasteiger partial charge is 0.125 e. The highest BCUT2D eigenvalue weighted by molar-refractivity contribution is 5.74. The molecule has 1 heterocycles. The second kappa shape index (κ2) is 6.58. The Balaban J connectivity index is 1.56. The average molecular weight is 299 g/mol. The zero-order chi connectivity index (χ0) is 15.4. The highest BCUT2D eigenvalue weighted by Gasteiger charge is 2.04. The summed E-state index contributed by atoms with van der Waals surface area (Å²) in [5.41, 5.74) is 2.65. The molecule has 0 saturated heterocycles. The van der Waals surface area contributed by atoms with Crippen LogP contribution in [0.5, 0.6) is 5.75 Å². The van der Waals surface area contributed by atoms with Crippen molar-refractivity contribution < 1.29 is 9.13 Å². The molecule has 2 aromatic carbocycles. The largest absolute Gasteiger partial charge is 0.496 e. The van der Waals surface area contributed by atoms with Gasteiger partial charge in [-0.2, -0.15) is 0 Å². The normalized spacial score (nSPS) is 11.0. The molecule has 0 bridgehead atoms. The molecule has 0 saturated carbocycles. The molecule has 3 rings (SSSR count). The van der Waals surface area contributed by atoms with Crippen LogP contribution in [0.2, 0.25) is 0 Å². The fourth-order valence-electron chi connectivity index (χ4n) is 2.43. The van der Waals surface area contributed by atoms with E-state index in [9.17, 15) is 4.39 Å². The number of hydrogen-bond acceptors (Lipinski definition) is 3. The van der Waals surface area contributed by atoms with E-state index in [0.717, 1.165) is 47.7 Å². The number of methoxy groups -OCH3 is 1. The summed E-state index contributed by atoms with van der Waals surface area (Å²) in [6.07, 6.45) is 0.755. The number of fused-ring (bicyclic) bond motifs is 1. The van der Waals surface area contributed by atoms with Gasteiger partial charge in [-0.15, -0.1) is 0 Å². The van der Waals surface area contributed by atoms with Gasteiger partial charge >= 0.3 is 0 Å². The summed E-state index contributed by atoms with van der Waals surface area (Å²) in [6, 6.07) is 12.5. The number of nitrogens with zero attached hydrogens (tertiary/aromatic N) is 1. The summed E-state index contributed by atoms with van der Waals surface area (Å²) < 4.78 is 18.5. The van der Waals surface area contributed by atoms with Gasteiger partial charge in [0, 0.05) is 25.1 Å². The molecule has 4 nitrogen and oxygen atoms in total. The second-order valence-corrected chi connectivity index (χ2v) is 5.08. The maximum Gasteiger partial charge on any atom is 0.125 e. The summed E-state index contributed by atoms with van der Waals surface area (Å²) in [7, 11) is 1.67. The summed E-state index contributed by atoms with van der Waals surface area (Å²) in [6.45, 7) is 1.51. The van der Waals surface area contributed by atoms with Crippen molar-refractivity contribution in [2.24, 2.45) is 0 Å². The summed E-state index contributed by atoms with van der Waals surface area (Å²) in [4.78, 5) is 7.59. The molecule has 2 N–H and O–H groups in total. The number of imidazole rings is 1. The minimum atomic E-state index is -0.253. The number of nitrogens with one attached hydrogen (secondary N) is 2. The van der Waals surface area contributed by atoms with Crippen molar-refractivity contribution in [2.75, 3.05) is 13.7 Å². The van der Waals surface area contributed by atoms with Crippen LogP contribution in [0.25, 0.3) is 11.0 Å². The van der Waals surface area contributed by atoms with E-state index < -0.39 is 0 Å². The van der Waals surface area contributed by atoms with E-state index in [4.69, 9.17) is 4.74 Å². The number of ether oxygens (including phenoxy) is 1. The monoisotopic (exact) mass is 299 g/mol. The van der Waals surface area contributed by atoms with E-state index in [2.05, 4.69) is 15.3 Å². The number of halogens is 1. The Morgan fingerprint density at radius 3 is 2.95 bits per heavy atom. The molecule has 0 aliphatic heterocycles. The first-order valence-electron chi connectivity index (χ1n) is 7.23. The molecular weight excluding hydrogens is 281 g/mol. The molecule has 5 heteroatoms. The number of aromatic nitrogens is 2. The van der Waals surface area contributed by atoms with E-state index in [1.54, 1.807) is 13.2 Å².